The van der Waals surface area contributed by atoms with Gasteiger partial charge in [-0.1, -0.05) is 43.6 Å². The number of halogens is 1. The van der Waals surface area contributed by atoms with Gasteiger partial charge in [0.05, 0.1) is 12.1 Å². The monoisotopic (exact) mass is 440 g/mol. The highest BCUT2D eigenvalue weighted by atomic mass is 35.5. The summed E-state index contributed by atoms with van der Waals surface area (Å²) in [5.74, 6) is 1.29. The molecule has 31 heavy (non-hydrogen) atoms. The van der Waals surface area contributed by atoms with Gasteiger partial charge in [0.1, 0.15) is 0 Å². The Labute approximate surface area is 187 Å². The van der Waals surface area contributed by atoms with Crippen LogP contribution in [-0.4, -0.2) is 26.5 Å². The summed E-state index contributed by atoms with van der Waals surface area (Å²) >= 11 is 6.04. The topological polar surface area (TPSA) is 83.4 Å². The molecule has 0 aliphatic carbocycles. The molecule has 1 aliphatic rings. The summed E-state index contributed by atoms with van der Waals surface area (Å²) in [7, 11) is 0. The van der Waals surface area contributed by atoms with Gasteiger partial charge >= 0.3 is 0 Å². The van der Waals surface area contributed by atoms with Crippen molar-refractivity contribution in [3.8, 4) is 0 Å². The zero-order valence-electron chi connectivity index (χ0n) is 18.0. The Morgan fingerprint density at radius 2 is 1.94 bits per heavy atom. The Hall–Kier alpha value is -2.48. The molecule has 4 atom stereocenters. The third-order valence-electron chi connectivity index (χ3n) is 5.88. The Morgan fingerprint density at radius 1 is 1.16 bits per heavy atom. The number of nitrogens with one attached hydrogen (secondary N) is 3. The second kappa shape index (κ2) is 9.34. The van der Waals surface area contributed by atoms with E-state index in [0.717, 1.165) is 23.5 Å². The van der Waals surface area contributed by atoms with E-state index < -0.39 is 0 Å². The molecular formula is C23H29ClN6O. The highest BCUT2D eigenvalue weighted by Gasteiger charge is 2.36. The first-order valence-electron chi connectivity index (χ1n) is 10.8. The first-order valence-corrected chi connectivity index (χ1v) is 11.2. The molecule has 1 aromatic carbocycles. The fraction of sp³-hybridized carbons (Fsp3) is 0.435. The van der Waals surface area contributed by atoms with Gasteiger partial charge in [0.25, 0.3) is 0 Å². The van der Waals surface area contributed by atoms with E-state index >= 15 is 0 Å². The van der Waals surface area contributed by atoms with Gasteiger partial charge < -0.3 is 5.32 Å². The molecule has 0 bridgehead atoms. The summed E-state index contributed by atoms with van der Waals surface area (Å²) in [6.07, 6.45) is 3.13. The average Bonchev–Trinajstić information content (AvgIpc) is 3.32. The molecule has 0 saturated carbocycles. The molecule has 1 amide bonds. The Bertz CT molecular complexity index is 1030. The lowest BCUT2D eigenvalue weighted by atomic mass is 9.87. The summed E-state index contributed by atoms with van der Waals surface area (Å²) in [5, 5.41) is 12.6. The molecule has 3 N–H and O–H groups in total. The molecule has 1 aliphatic heterocycles. The van der Waals surface area contributed by atoms with Crippen LogP contribution >= 0.6 is 11.6 Å². The number of benzene rings is 1. The van der Waals surface area contributed by atoms with Crippen molar-refractivity contribution in [1.29, 1.82) is 0 Å². The van der Waals surface area contributed by atoms with Crippen molar-refractivity contribution >= 4 is 23.2 Å². The van der Waals surface area contributed by atoms with Gasteiger partial charge in [-0.05, 0) is 49.1 Å². The standard InChI is InChI=1S/C23H29ClN6O/c1-14(2)12-19(23-29-27-20-6-4-5-11-30(20)23)25-21(31)13-18-15(3)26-28-22(18)16-7-9-17(24)10-8-16/h4-11,14-15,18-19,22,26,28H,12-13H2,1-3H3,(H,25,31). The van der Waals surface area contributed by atoms with Gasteiger partial charge in [0.2, 0.25) is 5.91 Å². The van der Waals surface area contributed by atoms with Crippen molar-refractivity contribution in [2.24, 2.45) is 11.8 Å². The van der Waals surface area contributed by atoms with E-state index in [1.54, 1.807) is 0 Å². The second-order valence-electron chi connectivity index (χ2n) is 8.71. The van der Waals surface area contributed by atoms with Crippen LogP contribution in [0.5, 0.6) is 0 Å². The largest absolute Gasteiger partial charge is 0.346 e. The number of aromatic nitrogens is 3. The van der Waals surface area contributed by atoms with Gasteiger partial charge in [-0.3, -0.25) is 14.6 Å². The highest BCUT2D eigenvalue weighted by molar-refractivity contribution is 6.30. The maximum absolute atomic E-state index is 13.2. The Balaban J connectivity index is 1.51. The Morgan fingerprint density at radius 3 is 2.68 bits per heavy atom. The van der Waals surface area contributed by atoms with Crippen molar-refractivity contribution in [3.05, 3.63) is 65.1 Å². The SMILES string of the molecule is CC(C)CC(NC(=O)CC1C(C)NNC1c1ccc(Cl)cc1)c1nnc2ccccn12. The van der Waals surface area contributed by atoms with Crippen molar-refractivity contribution in [2.75, 3.05) is 0 Å². The predicted molar refractivity (Wildman–Crippen MR) is 121 cm³/mol. The predicted octanol–water partition coefficient (Wildman–Crippen LogP) is 3.83. The van der Waals surface area contributed by atoms with E-state index in [1.165, 1.54) is 0 Å². The molecular weight excluding hydrogens is 412 g/mol. The lowest BCUT2D eigenvalue weighted by Crippen LogP contribution is -2.34. The maximum atomic E-state index is 13.2. The van der Waals surface area contributed by atoms with Crippen molar-refractivity contribution < 1.29 is 4.79 Å². The van der Waals surface area contributed by atoms with Crippen LogP contribution in [0.15, 0.2) is 48.7 Å². The van der Waals surface area contributed by atoms with E-state index in [0.29, 0.717) is 17.4 Å². The van der Waals surface area contributed by atoms with E-state index in [-0.39, 0.29) is 30.0 Å². The molecule has 3 heterocycles. The molecule has 3 aromatic rings. The number of carbonyl (C=O) groups is 1. The van der Waals surface area contributed by atoms with Crippen LogP contribution in [0.3, 0.4) is 0 Å². The van der Waals surface area contributed by atoms with E-state index in [4.69, 9.17) is 11.6 Å². The summed E-state index contributed by atoms with van der Waals surface area (Å²) in [5.41, 5.74) is 8.51. The zero-order chi connectivity index (χ0) is 22.0. The normalized spacial score (nSPS) is 22.2. The number of amides is 1. The van der Waals surface area contributed by atoms with Gasteiger partial charge in [-0.2, -0.15) is 0 Å². The lowest BCUT2D eigenvalue weighted by molar-refractivity contribution is -0.123. The maximum Gasteiger partial charge on any atom is 0.220 e. The number of hydrogen-bond donors (Lipinski definition) is 3. The number of pyridine rings is 1. The molecule has 164 valence electrons. The molecule has 8 heteroatoms. The number of carbonyl (C=O) groups excluding carboxylic acids is 1. The first kappa shape index (κ1) is 21.7. The smallest absolute Gasteiger partial charge is 0.220 e. The first-order chi connectivity index (χ1) is 14.9. The van der Waals surface area contributed by atoms with Crippen LogP contribution in [0, 0.1) is 11.8 Å². The number of hydrogen-bond acceptors (Lipinski definition) is 5. The van der Waals surface area contributed by atoms with Crippen molar-refractivity contribution in [2.45, 2.75) is 51.7 Å². The van der Waals surface area contributed by atoms with E-state index in [2.05, 4.69) is 47.1 Å². The fourth-order valence-electron chi connectivity index (χ4n) is 4.28. The van der Waals surface area contributed by atoms with Gasteiger partial charge in [-0.25, -0.2) is 5.43 Å². The number of nitrogens with zero attached hydrogens (tertiary/aromatic N) is 3. The van der Waals surface area contributed by atoms with Crippen LogP contribution in [0.1, 0.15) is 57.1 Å². The van der Waals surface area contributed by atoms with Crippen LogP contribution in [0.2, 0.25) is 5.02 Å². The second-order valence-corrected chi connectivity index (χ2v) is 9.15. The summed E-state index contributed by atoms with van der Waals surface area (Å²) < 4.78 is 1.95. The minimum atomic E-state index is -0.198. The molecule has 1 saturated heterocycles. The van der Waals surface area contributed by atoms with Crippen LogP contribution < -0.4 is 16.2 Å². The number of fused-ring (bicyclic) bond motifs is 1. The summed E-state index contributed by atoms with van der Waals surface area (Å²) in [6.45, 7) is 6.39. The van der Waals surface area contributed by atoms with Crippen LogP contribution in [0.25, 0.3) is 5.65 Å². The molecule has 0 radical (unpaired) electrons. The minimum Gasteiger partial charge on any atom is -0.346 e. The molecule has 4 unspecified atom stereocenters. The minimum absolute atomic E-state index is 0.0136. The van der Waals surface area contributed by atoms with Gasteiger partial charge in [0.15, 0.2) is 11.5 Å². The quantitative estimate of drug-likeness (QED) is 0.520. The molecule has 2 aromatic heterocycles. The van der Waals surface area contributed by atoms with Crippen LogP contribution in [-0.2, 0) is 4.79 Å². The molecule has 0 spiro atoms. The fourth-order valence-corrected chi connectivity index (χ4v) is 4.41. The molecule has 4 rings (SSSR count). The Kier molecular flexibility index (Phi) is 6.55. The van der Waals surface area contributed by atoms with E-state index in [1.807, 2.05) is 53.1 Å². The van der Waals surface area contributed by atoms with Crippen molar-refractivity contribution in [1.82, 2.24) is 30.8 Å². The third-order valence-corrected chi connectivity index (χ3v) is 6.13. The summed E-state index contributed by atoms with van der Waals surface area (Å²) in [4.78, 5) is 13.2. The van der Waals surface area contributed by atoms with Crippen LogP contribution in [0.4, 0.5) is 0 Å². The summed E-state index contributed by atoms with van der Waals surface area (Å²) in [6, 6.07) is 13.6. The average molecular weight is 441 g/mol. The molecule has 7 nitrogen and oxygen atoms in total. The van der Waals surface area contributed by atoms with E-state index in [9.17, 15) is 4.79 Å². The zero-order valence-corrected chi connectivity index (χ0v) is 18.8. The van der Waals surface area contributed by atoms with Gasteiger partial charge in [-0.15, -0.1) is 10.2 Å². The lowest BCUT2D eigenvalue weighted by Gasteiger charge is -2.24. The molecule has 1 fully saturated rings. The highest BCUT2D eigenvalue weighted by Crippen LogP contribution is 2.32. The van der Waals surface area contributed by atoms with Gasteiger partial charge in [0, 0.05) is 29.6 Å². The third kappa shape index (κ3) is 4.89. The van der Waals surface area contributed by atoms with Crippen molar-refractivity contribution in [3.63, 3.8) is 0 Å². The number of hydrazine groups is 1. The number of rotatable bonds is 7.